The van der Waals surface area contributed by atoms with E-state index in [9.17, 15) is 8.42 Å². The highest BCUT2D eigenvalue weighted by molar-refractivity contribution is 7.89. The van der Waals surface area contributed by atoms with Crippen molar-refractivity contribution < 1.29 is 13.2 Å². The van der Waals surface area contributed by atoms with Gasteiger partial charge in [-0.05, 0) is 12.8 Å². The van der Waals surface area contributed by atoms with Crippen molar-refractivity contribution in [1.29, 1.82) is 0 Å². The van der Waals surface area contributed by atoms with E-state index in [1.165, 1.54) is 12.4 Å². The summed E-state index contributed by atoms with van der Waals surface area (Å²) in [4.78, 5) is 8.15. The molecule has 1 N–H and O–H groups in total. The Hall–Kier alpha value is -1.25. The Labute approximate surface area is 124 Å². The Balaban J connectivity index is 1.88. The Morgan fingerprint density at radius 2 is 2.00 bits per heavy atom. The fourth-order valence-corrected chi connectivity index (χ4v) is 4.63. The van der Waals surface area contributed by atoms with Crippen LogP contribution in [0.15, 0.2) is 17.3 Å². The summed E-state index contributed by atoms with van der Waals surface area (Å²) in [5.74, 6) is 0.409. The van der Waals surface area contributed by atoms with Crippen molar-refractivity contribution in [3.8, 4) is 0 Å². The minimum absolute atomic E-state index is 0.0276. The van der Waals surface area contributed by atoms with Crippen LogP contribution in [0.5, 0.6) is 0 Å². The van der Waals surface area contributed by atoms with Gasteiger partial charge in [0.2, 0.25) is 16.0 Å². The number of nitrogens with zero attached hydrogens (tertiary/aromatic N) is 3. The van der Waals surface area contributed by atoms with Crippen LogP contribution in [0.3, 0.4) is 0 Å². The Bertz CT molecular complexity index is 588. The number of ether oxygens (including phenoxy) is 1. The maximum Gasteiger partial charge on any atom is 0.246 e. The molecular weight excluding hydrogens is 292 g/mol. The number of morpholine rings is 1. The van der Waals surface area contributed by atoms with Crippen LogP contribution in [-0.4, -0.2) is 55.0 Å². The van der Waals surface area contributed by atoms with Crippen LogP contribution in [0.25, 0.3) is 0 Å². The highest BCUT2D eigenvalue weighted by atomic mass is 32.2. The molecule has 2 atom stereocenters. The van der Waals surface area contributed by atoms with Gasteiger partial charge in [0, 0.05) is 13.6 Å². The summed E-state index contributed by atoms with van der Waals surface area (Å²) in [5, 5.41) is 2.78. The summed E-state index contributed by atoms with van der Waals surface area (Å²) < 4.78 is 32.9. The van der Waals surface area contributed by atoms with E-state index in [1.54, 1.807) is 11.4 Å². The molecule has 1 aliphatic carbocycles. The molecule has 1 saturated carbocycles. The average molecular weight is 312 g/mol. The smallest absolute Gasteiger partial charge is 0.246 e. The van der Waals surface area contributed by atoms with Crippen molar-refractivity contribution in [2.24, 2.45) is 0 Å². The molecule has 0 amide bonds. The Morgan fingerprint density at radius 1 is 1.29 bits per heavy atom. The van der Waals surface area contributed by atoms with Gasteiger partial charge in [0.15, 0.2) is 0 Å². The van der Waals surface area contributed by atoms with Gasteiger partial charge < -0.3 is 10.1 Å². The summed E-state index contributed by atoms with van der Waals surface area (Å²) in [5.41, 5.74) is 0. The molecule has 2 heterocycles. The second-order valence-electron chi connectivity index (χ2n) is 5.37. The van der Waals surface area contributed by atoms with Gasteiger partial charge in [0.05, 0.1) is 31.1 Å². The van der Waals surface area contributed by atoms with Gasteiger partial charge in [-0.25, -0.2) is 18.4 Å². The average Bonchev–Trinajstić information content (AvgIpc) is 2.54. The van der Waals surface area contributed by atoms with Crippen molar-refractivity contribution in [2.45, 2.75) is 42.7 Å². The van der Waals surface area contributed by atoms with Gasteiger partial charge >= 0.3 is 0 Å². The lowest BCUT2D eigenvalue weighted by Gasteiger charge is -2.42. The first-order chi connectivity index (χ1) is 10.1. The molecule has 3 rings (SSSR count). The third-order valence-electron chi connectivity index (χ3n) is 4.14. The Morgan fingerprint density at radius 3 is 2.71 bits per heavy atom. The molecule has 2 aliphatic rings. The van der Waals surface area contributed by atoms with Gasteiger partial charge in [-0.2, -0.15) is 4.31 Å². The molecule has 0 spiro atoms. The van der Waals surface area contributed by atoms with E-state index in [0.29, 0.717) is 19.1 Å². The molecule has 2 unspecified atom stereocenters. The number of hydrogen-bond donors (Lipinski definition) is 1. The molecular formula is C13H20N4O3S. The number of hydrogen-bond acceptors (Lipinski definition) is 6. The minimum atomic E-state index is -3.56. The third-order valence-corrected chi connectivity index (χ3v) is 6.02. The lowest BCUT2D eigenvalue weighted by molar-refractivity contribution is -0.0586. The summed E-state index contributed by atoms with van der Waals surface area (Å²) in [6.07, 6.45) is 6.70. The van der Waals surface area contributed by atoms with E-state index in [0.717, 1.165) is 25.7 Å². The monoisotopic (exact) mass is 312 g/mol. The molecule has 8 heteroatoms. The van der Waals surface area contributed by atoms with Crippen LogP contribution in [-0.2, 0) is 14.8 Å². The SMILES string of the molecule is CNc1ncc(S(=O)(=O)N2CCOC3CCCCC32)cn1. The fourth-order valence-electron chi connectivity index (χ4n) is 3.07. The van der Waals surface area contributed by atoms with Gasteiger partial charge in [-0.1, -0.05) is 12.8 Å². The van der Waals surface area contributed by atoms with E-state index in [4.69, 9.17) is 4.74 Å². The van der Waals surface area contributed by atoms with Crippen molar-refractivity contribution in [3.05, 3.63) is 12.4 Å². The van der Waals surface area contributed by atoms with E-state index in [1.807, 2.05) is 0 Å². The standard InChI is InChI=1S/C13H20N4O3S/c1-14-13-15-8-10(9-16-13)21(18,19)17-6-7-20-12-5-3-2-4-11(12)17/h8-9,11-12H,2-7H2,1H3,(H,14,15,16). The topological polar surface area (TPSA) is 84.4 Å². The molecule has 0 radical (unpaired) electrons. The van der Waals surface area contributed by atoms with Crippen molar-refractivity contribution in [2.75, 3.05) is 25.5 Å². The van der Waals surface area contributed by atoms with Gasteiger partial charge in [-0.15, -0.1) is 0 Å². The summed E-state index contributed by atoms with van der Waals surface area (Å²) in [7, 11) is -1.86. The van der Waals surface area contributed by atoms with Gasteiger partial charge in [0.25, 0.3) is 0 Å². The Kier molecular flexibility index (Phi) is 4.10. The highest BCUT2D eigenvalue weighted by Gasteiger charge is 2.41. The van der Waals surface area contributed by atoms with Gasteiger partial charge in [0.1, 0.15) is 4.90 Å². The number of aromatic nitrogens is 2. The maximum absolute atomic E-state index is 12.8. The van der Waals surface area contributed by atoms with Crippen molar-refractivity contribution in [3.63, 3.8) is 0 Å². The summed E-state index contributed by atoms with van der Waals surface area (Å²) in [6.45, 7) is 0.854. The number of fused-ring (bicyclic) bond motifs is 1. The van der Waals surface area contributed by atoms with E-state index in [2.05, 4.69) is 15.3 Å². The van der Waals surface area contributed by atoms with Crippen LogP contribution in [0.1, 0.15) is 25.7 Å². The third kappa shape index (κ3) is 2.75. The van der Waals surface area contributed by atoms with E-state index >= 15 is 0 Å². The zero-order chi connectivity index (χ0) is 14.9. The molecule has 2 fully saturated rings. The highest BCUT2D eigenvalue weighted by Crippen LogP contribution is 2.32. The lowest BCUT2D eigenvalue weighted by Crippen LogP contribution is -2.54. The van der Waals surface area contributed by atoms with Crippen LogP contribution in [0.4, 0.5) is 5.95 Å². The fraction of sp³-hybridized carbons (Fsp3) is 0.692. The summed E-state index contributed by atoms with van der Waals surface area (Å²) in [6, 6.07) is -0.0542. The molecule has 1 saturated heterocycles. The second kappa shape index (κ2) is 5.86. The first-order valence-corrected chi connectivity index (χ1v) is 8.70. The molecule has 116 valence electrons. The van der Waals surface area contributed by atoms with Crippen LogP contribution >= 0.6 is 0 Å². The number of anilines is 1. The molecule has 1 aromatic heterocycles. The predicted molar refractivity (Wildman–Crippen MR) is 77.5 cm³/mol. The second-order valence-corrected chi connectivity index (χ2v) is 7.26. The number of sulfonamides is 1. The van der Waals surface area contributed by atoms with E-state index in [-0.39, 0.29) is 17.0 Å². The van der Waals surface area contributed by atoms with Crippen LogP contribution in [0, 0.1) is 0 Å². The first kappa shape index (κ1) is 14.7. The molecule has 1 aliphatic heterocycles. The first-order valence-electron chi connectivity index (χ1n) is 7.26. The molecule has 21 heavy (non-hydrogen) atoms. The largest absolute Gasteiger partial charge is 0.375 e. The zero-order valence-corrected chi connectivity index (χ0v) is 12.8. The molecule has 0 aromatic carbocycles. The van der Waals surface area contributed by atoms with Crippen molar-refractivity contribution >= 4 is 16.0 Å². The molecule has 7 nitrogen and oxygen atoms in total. The lowest BCUT2D eigenvalue weighted by atomic mass is 9.91. The van der Waals surface area contributed by atoms with Crippen LogP contribution < -0.4 is 5.32 Å². The molecule has 1 aromatic rings. The maximum atomic E-state index is 12.8. The van der Waals surface area contributed by atoms with E-state index < -0.39 is 10.0 Å². The number of nitrogens with one attached hydrogen (secondary N) is 1. The predicted octanol–water partition coefficient (Wildman–Crippen LogP) is 0.850. The zero-order valence-electron chi connectivity index (χ0n) is 12.0. The number of rotatable bonds is 3. The summed E-state index contributed by atoms with van der Waals surface area (Å²) >= 11 is 0. The minimum Gasteiger partial charge on any atom is -0.375 e. The van der Waals surface area contributed by atoms with Crippen LogP contribution in [0.2, 0.25) is 0 Å². The quantitative estimate of drug-likeness (QED) is 0.891. The van der Waals surface area contributed by atoms with Gasteiger partial charge in [-0.3, -0.25) is 0 Å². The molecule has 0 bridgehead atoms. The van der Waals surface area contributed by atoms with Crippen molar-refractivity contribution in [1.82, 2.24) is 14.3 Å². The normalized spacial score (nSPS) is 27.1.